The molecule has 0 radical (unpaired) electrons. The normalized spacial score (nSPS) is 10.9. The van der Waals surface area contributed by atoms with Gasteiger partial charge in [-0.15, -0.1) is 0 Å². The molecule has 1 N–H and O–H groups in total. The molecule has 0 bridgehead atoms. The zero-order valence-electron chi connectivity index (χ0n) is 15.7. The van der Waals surface area contributed by atoms with Gasteiger partial charge in [0, 0.05) is 0 Å². The van der Waals surface area contributed by atoms with E-state index < -0.39 is 0 Å². The molecule has 27 heavy (non-hydrogen) atoms. The fraction of sp³-hybridized carbons (Fsp3) is 0.182. The molecular formula is C22H22N2O3. The van der Waals surface area contributed by atoms with E-state index >= 15 is 0 Å². The molecule has 138 valence electrons. The van der Waals surface area contributed by atoms with E-state index in [4.69, 9.17) is 9.15 Å². The number of rotatable bonds is 6. The molecule has 5 nitrogen and oxygen atoms in total. The van der Waals surface area contributed by atoms with Gasteiger partial charge in [-0.25, -0.2) is 5.43 Å². The minimum Gasteiger partial charge on any atom is -0.489 e. The van der Waals surface area contributed by atoms with E-state index in [9.17, 15) is 4.79 Å². The monoisotopic (exact) mass is 362 g/mol. The molecule has 0 fully saturated rings. The Morgan fingerprint density at radius 2 is 1.78 bits per heavy atom. The molecule has 0 unspecified atom stereocenters. The predicted molar refractivity (Wildman–Crippen MR) is 105 cm³/mol. The third kappa shape index (κ3) is 5.07. The number of ether oxygens (including phenoxy) is 1. The Hall–Kier alpha value is -3.34. The molecule has 0 aliphatic heterocycles. The van der Waals surface area contributed by atoms with E-state index in [0.717, 1.165) is 16.9 Å². The number of aryl methyl sites for hydroxylation is 3. The van der Waals surface area contributed by atoms with Crippen molar-refractivity contribution >= 4 is 12.1 Å². The van der Waals surface area contributed by atoms with Gasteiger partial charge in [0.1, 0.15) is 23.9 Å². The van der Waals surface area contributed by atoms with Gasteiger partial charge in [0.15, 0.2) is 0 Å². The molecule has 2 aromatic carbocycles. The second-order valence-corrected chi connectivity index (χ2v) is 6.37. The van der Waals surface area contributed by atoms with Crippen LogP contribution in [0.4, 0.5) is 0 Å². The molecule has 0 aliphatic rings. The van der Waals surface area contributed by atoms with Gasteiger partial charge >= 0.3 is 0 Å². The van der Waals surface area contributed by atoms with Crippen molar-refractivity contribution in [3.05, 3.63) is 88.4 Å². The Balaban J connectivity index is 1.52. The number of hydrogen-bond donors (Lipinski definition) is 1. The number of hydrogen-bond acceptors (Lipinski definition) is 4. The number of carbonyl (C=O) groups is 1. The van der Waals surface area contributed by atoms with E-state index in [0.29, 0.717) is 23.7 Å². The number of furan rings is 1. The molecule has 0 saturated heterocycles. The summed E-state index contributed by atoms with van der Waals surface area (Å²) in [5, 5.41) is 3.99. The fourth-order valence-corrected chi connectivity index (χ4v) is 2.58. The van der Waals surface area contributed by atoms with Gasteiger partial charge in [-0.2, -0.15) is 5.10 Å². The van der Waals surface area contributed by atoms with Crippen molar-refractivity contribution in [2.24, 2.45) is 5.10 Å². The zero-order chi connectivity index (χ0) is 19.2. The highest BCUT2D eigenvalue weighted by Gasteiger charge is 2.12. The van der Waals surface area contributed by atoms with Crippen LogP contribution in [0.25, 0.3) is 0 Å². The van der Waals surface area contributed by atoms with Crippen molar-refractivity contribution in [3.63, 3.8) is 0 Å². The SMILES string of the molecule is Cc1ccc(COc2ccc(/C=N/NC(=O)c3cc(C)oc3C)cc2)cc1. The van der Waals surface area contributed by atoms with Crippen LogP contribution >= 0.6 is 0 Å². The lowest BCUT2D eigenvalue weighted by Crippen LogP contribution is -2.17. The molecule has 0 aliphatic carbocycles. The lowest BCUT2D eigenvalue weighted by molar-refractivity contribution is 0.0953. The molecule has 3 rings (SSSR count). The fourth-order valence-electron chi connectivity index (χ4n) is 2.58. The largest absolute Gasteiger partial charge is 0.489 e. The van der Waals surface area contributed by atoms with Crippen molar-refractivity contribution in [2.45, 2.75) is 27.4 Å². The van der Waals surface area contributed by atoms with Gasteiger partial charge < -0.3 is 9.15 Å². The second kappa shape index (κ2) is 8.36. The minimum atomic E-state index is -0.293. The van der Waals surface area contributed by atoms with Crippen LogP contribution in [0.5, 0.6) is 5.75 Å². The lowest BCUT2D eigenvalue weighted by Gasteiger charge is -2.06. The van der Waals surface area contributed by atoms with Crippen LogP contribution in [0.15, 0.2) is 64.1 Å². The standard InChI is InChI=1S/C22H22N2O3/c1-15-4-6-19(7-5-15)14-26-20-10-8-18(9-11-20)13-23-24-22(25)21-12-16(2)27-17(21)3/h4-13H,14H2,1-3H3,(H,24,25)/b23-13+. The molecule has 5 heteroatoms. The Morgan fingerprint density at radius 1 is 1.07 bits per heavy atom. The van der Waals surface area contributed by atoms with Crippen molar-refractivity contribution in [1.29, 1.82) is 0 Å². The predicted octanol–water partition coefficient (Wildman–Crippen LogP) is 4.55. The molecule has 1 aromatic heterocycles. The molecule has 3 aromatic rings. The average Bonchev–Trinajstić information content (AvgIpc) is 3.00. The topological polar surface area (TPSA) is 63.8 Å². The van der Waals surface area contributed by atoms with E-state index in [1.54, 1.807) is 26.1 Å². The van der Waals surface area contributed by atoms with E-state index in [1.807, 2.05) is 24.3 Å². The summed E-state index contributed by atoms with van der Waals surface area (Å²) in [6, 6.07) is 17.5. The van der Waals surface area contributed by atoms with Gasteiger partial charge in [-0.3, -0.25) is 4.79 Å². The van der Waals surface area contributed by atoms with Gasteiger partial charge in [-0.1, -0.05) is 29.8 Å². The smallest absolute Gasteiger partial charge is 0.274 e. The van der Waals surface area contributed by atoms with E-state index in [1.165, 1.54) is 5.56 Å². The highest BCUT2D eigenvalue weighted by molar-refractivity contribution is 5.95. The first-order chi connectivity index (χ1) is 13.0. The number of carbonyl (C=O) groups excluding carboxylic acids is 1. The quantitative estimate of drug-likeness (QED) is 0.517. The lowest BCUT2D eigenvalue weighted by atomic mass is 10.2. The summed E-state index contributed by atoms with van der Waals surface area (Å²) in [5.74, 6) is 1.76. The highest BCUT2D eigenvalue weighted by atomic mass is 16.5. The summed E-state index contributed by atoms with van der Waals surface area (Å²) in [4.78, 5) is 12.1. The summed E-state index contributed by atoms with van der Waals surface area (Å²) in [6.45, 7) is 6.13. The zero-order valence-corrected chi connectivity index (χ0v) is 15.7. The number of benzene rings is 2. The maximum absolute atomic E-state index is 12.1. The third-order valence-electron chi connectivity index (χ3n) is 4.07. The number of amides is 1. The van der Waals surface area contributed by atoms with E-state index in [-0.39, 0.29) is 5.91 Å². The van der Waals surface area contributed by atoms with Crippen molar-refractivity contribution in [3.8, 4) is 5.75 Å². The molecule has 1 heterocycles. The van der Waals surface area contributed by atoms with Crippen LogP contribution in [0.2, 0.25) is 0 Å². The van der Waals surface area contributed by atoms with Gasteiger partial charge in [0.2, 0.25) is 0 Å². The van der Waals surface area contributed by atoms with Crippen LogP contribution in [0.3, 0.4) is 0 Å². The van der Waals surface area contributed by atoms with Crippen LogP contribution < -0.4 is 10.2 Å². The molecule has 1 amide bonds. The van der Waals surface area contributed by atoms with E-state index in [2.05, 4.69) is 41.7 Å². The second-order valence-electron chi connectivity index (χ2n) is 6.37. The summed E-state index contributed by atoms with van der Waals surface area (Å²) in [5.41, 5.74) is 6.21. The van der Waals surface area contributed by atoms with Crippen LogP contribution in [0.1, 0.15) is 38.6 Å². The van der Waals surface area contributed by atoms with Crippen LogP contribution in [-0.2, 0) is 6.61 Å². The van der Waals surface area contributed by atoms with Crippen molar-refractivity contribution < 1.29 is 13.9 Å². The molecule has 0 spiro atoms. The van der Waals surface area contributed by atoms with Crippen LogP contribution in [-0.4, -0.2) is 12.1 Å². The number of nitrogens with zero attached hydrogens (tertiary/aromatic N) is 1. The summed E-state index contributed by atoms with van der Waals surface area (Å²) in [7, 11) is 0. The number of hydrazone groups is 1. The highest BCUT2D eigenvalue weighted by Crippen LogP contribution is 2.15. The molecule has 0 atom stereocenters. The summed E-state index contributed by atoms with van der Waals surface area (Å²) < 4.78 is 11.1. The molecule has 0 saturated carbocycles. The minimum absolute atomic E-state index is 0.293. The average molecular weight is 362 g/mol. The van der Waals surface area contributed by atoms with Gasteiger partial charge in [0.25, 0.3) is 5.91 Å². The molecular weight excluding hydrogens is 340 g/mol. The number of nitrogens with one attached hydrogen (secondary N) is 1. The summed E-state index contributed by atoms with van der Waals surface area (Å²) >= 11 is 0. The Kier molecular flexibility index (Phi) is 5.71. The van der Waals surface area contributed by atoms with Crippen LogP contribution in [0, 0.1) is 20.8 Å². The Bertz CT molecular complexity index is 939. The van der Waals surface area contributed by atoms with Gasteiger partial charge in [-0.05, 0) is 62.2 Å². The summed E-state index contributed by atoms with van der Waals surface area (Å²) in [6.07, 6.45) is 1.59. The third-order valence-corrected chi connectivity index (χ3v) is 4.07. The maximum Gasteiger partial charge on any atom is 0.274 e. The first-order valence-corrected chi connectivity index (χ1v) is 8.70. The van der Waals surface area contributed by atoms with Gasteiger partial charge in [0.05, 0.1) is 11.8 Å². The maximum atomic E-state index is 12.1. The first-order valence-electron chi connectivity index (χ1n) is 8.70. The Morgan fingerprint density at radius 3 is 2.41 bits per heavy atom. The Labute approximate surface area is 158 Å². The first kappa shape index (κ1) is 18.5. The van der Waals surface area contributed by atoms with Crippen molar-refractivity contribution in [1.82, 2.24) is 5.43 Å². The van der Waals surface area contributed by atoms with Crippen molar-refractivity contribution in [2.75, 3.05) is 0 Å².